The molecule has 0 fully saturated rings. The fraction of sp³-hybridized carbons (Fsp3) is 0.200. The van der Waals surface area contributed by atoms with Gasteiger partial charge in [0.05, 0.1) is 5.56 Å². The van der Waals surface area contributed by atoms with E-state index in [0.29, 0.717) is 0 Å². The number of nitrogens with one attached hydrogen (secondary N) is 1. The zero-order valence-electron chi connectivity index (χ0n) is 9.04. The highest BCUT2D eigenvalue weighted by molar-refractivity contribution is 5.97. The number of hydrogen-bond donors (Lipinski definition) is 2. The lowest BCUT2D eigenvalue weighted by atomic mass is 10.3. The van der Waals surface area contributed by atoms with Gasteiger partial charge in [0.1, 0.15) is 0 Å². The second-order valence-corrected chi connectivity index (χ2v) is 3.14. The Bertz CT molecular complexity index is 432. The van der Waals surface area contributed by atoms with Crippen LogP contribution in [-0.4, -0.2) is 29.0 Å². The highest BCUT2D eigenvalue weighted by atomic mass is 16.5. The SMILES string of the molecule is C[C@H](OC(=O)c1ccncc1)C(=O)NC(N)=O. The van der Waals surface area contributed by atoms with Crippen molar-refractivity contribution in [2.75, 3.05) is 0 Å². The summed E-state index contributed by atoms with van der Waals surface area (Å²) in [6.45, 7) is 1.33. The molecule has 1 atom stereocenters. The lowest BCUT2D eigenvalue weighted by Gasteiger charge is -2.11. The smallest absolute Gasteiger partial charge is 0.339 e. The van der Waals surface area contributed by atoms with E-state index >= 15 is 0 Å². The molecule has 7 nitrogen and oxygen atoms in total. The number of hydrogen-bond acceptors (Lipinski definition) is 5. The Hall–Kier alpha value is -2.44. The van der Waals surface area contributed by atoms with Crippen molar-refractivity contribution in [3.05, 3.63) is 30.1 Å². The minimum atomic E-state index is -1.11. The first-order valence-electron chi connectivity index (χ1n) is 4.72. The van der Waals surface area contributed by atoms with Crippen molar-refractivity contribution in [1.82, 2.24) is 10.3 Å². The Morgan fingerprint density at radius 2 is 1.94 bits per heavy atom. The standard InChI is InChI=1S/C10H11N3O4/c1-6(8(14)13-10(11)16)17-9(15)7-2-4-12-5-3-7/h2-6H,1H3,(H3,11,13,14,16)/t6-/m0/s1. The number of aromatic nitrogens is 1. The first-order chi connectivity index (χ1) is 8.00. The lowest BCUT2D eigenvalue weighted by molar-refractivity contribution is -0.127. The lowest BCUT2D eigenvalue weighted by Crippen LogP contribution is -2.42. The van der Waals surface area contributed by atoms with Crippen LogP contribution in [0.5, 0.6) is 0 Å². The van der Waals surface area contributed by atoms with Crippen LogP contribution in [0.2, 0.25) is 0 Å². The van der Waals surface area contributed by atoms with E-state index in [1.54, 1.807) is 0 Å². The van der Waals surface area contributed by atoms with Crippen LogP contribution in [0.3, 0.4) is 0 Å². The number of carbonyl (C=O) groups is 3. The number of urea groups is 1. The Morgan fingerprint density at radius 3 is 2.47 bits per heavy atom. The van der Waals surface area contributed by atoms with Crippen molar-refractivity contribution in [1.29, 1.82) is 0 Å². The van der Waals surface area contributed by atoms with Crippen molar-refractivity contribution < 1.29 is 19.1 Å². The number of rotatable bonds is 3. The molecule has 3 amide bonds. The minimum absolute atomic E-state index is 0.263. The Kier molecular flexibility index (Phi) is 4.15. The van der Waals surface area contributed by atoms with Gasteiger partial charge in [0.2, 0.25) is 0 Å². The van der Waals surface area contributed by atoms with E-state index in [9.17, 15) is 14.4 Å². The topological polar surface area (TPSA) is 111 Å². The molecule has 0 saturated carbocycles. The molecule has 0 radical (unpaired) electrons. The molecule has 1 heterocycles. The van der Waals surface area contributed by atoms with Gasteiger partial charge in [-0.1, -0.05) is 0 Å². The second kappa shape index (κ2) is 5.59. The van der Waals surface area contributed by atoms with Crippen LogP contribution in [-0.2, 0) is 9.53 Å². The van der Waals surface area contributed by atoms with Gasteiger partial charge in [-0.3, -0.25) is 15.1 Å². The van der Waals surface area contributed by atoms with Crippen LogP contribution in [0.4, 0.5) is 4.79 Å². The van der Waals surface area contributed by atoms with Gasteiger partial charge in [-0.25, -0.2) is 9.59 Å². The summed E-state index contributed by atoms with van der Waals surface area (Å²) < 4.78 is 4.81. The number of imide groups is 1. The van der Waals surface area contributed by atoms with Gasteiger partial charge < -0.3 is 10.5 Å². The molecule has 0 aliphatic rings. The third kappa shape index (κ3) is 3.90. The number of carbonyl (C=O) groups excluding carboxylic acids is 3. The predicted octanol–water partition coefficient (Wildman–Crippen LogP) is -0.178. The molecule has 0 spiro atoms. The molecule has 1 rings (SSSR count). The van der Waals surface area contributed by atoms with Crippen molar-refractivity contribution in [2.45, 2.75) is 13.0 Å². The van der Waals surface area contributed by atoms with E-state index in [0.717, 1.165) is 0 Å². The Morgan fingerprint density at radius 1 is 1.35 bits per heavy atom. The van der Waals surface area contributed by atoms with Gasteiger partial charge in [0.15, 0.2) is 6.10 Å². The van der Waals surface area contributed by atoms with E-state index in [2.05, 4.69) is 4.98 Å². The number of nitrogens with zero attached hydrogens (tertiary/aromatic N) is 1. The number of ether oxygens (including phenoxy) is 1. The maximum Gasteiger partial charge on any atom is 0.339 e. The van der Waals surface area contributed by atoms with Crippen LogP contribution >= 0.6 is 0 Å². The van der Waals surface area contributed by atoms with Crippen molar-refractivity contribution in [3.63, 3.8) is 0 Å². The van der Waals surface area contributed by atoms with Crippen LogP contribution < -0.4 is 11.1 Å². The number of primary amides is 1. The minimum Gasteiger partial charge on any atom is -0.449 e. The highest BCUT2D eigenvalue weighted by Crippen LogP contribution is 2.02. The third-order valence-electron chi connectivity index (χ3n) is 1.82. The molecule has 0 aliphatic heterocycles. The zero-order chi connectivity index (χ0) is 12.8. The molecule has 0 saturated heterocycles. The van der Waals surface area contributed by atoms with Gasteiger partial charge >= 0.3 is 12.0 Å². The summed E-state index contributed by atoms with van der Waals surface area (Å²) in [7, 11) is 0. The molecular formula is C10H11N3O4. The molecule has 3 N–H and O–H groups in total. The molecule has 0 bridgehead atoms. The molecular weight excluding hydrogens is 226 g/mol. The van der Waals surface area contributed by atoms with E-state index in [4.69, 9.17) is 10.5 Å². The fourth-order valence-electron chi connectivity index (χ4n) is 0.993. The van der Waals surface area contributed by atoms with E-state index < -0.39 is 24.0 Å². The normalized spacial score (nSPS) is 11.4. The second-order valence-electron chi connectivity index (χ2n) is 3.14. The predicted molar refractivity (Wildman–Crippen MR) is 56.8 cm³/mol. The average molecular weight is 237 g/mol. The van der Waals surface area contributed by atoms with Gasteiger partial charge in [0.25, 0.3) is 5.91 Å². The van der Waals surface area contributed by atoms with Gasteiger partial charge in [-0.05, 0) is 19.1 Å². The monoisotopic (exact) mass is 237 g/mol. The number of pyridine rings is 1. The summed E-state index contributed by atoms with van der Waals surface area (Å²) in [6, 6.07) is 1.89. The largest absolute Gasteiger partial charge is 0.449 e. The first kappa shape index (κ1) is 12.6. The van der Waals surface area contributed by atoms with Crippen LogP contribution in [0.1, 0.15) is 17.3 Å². The number of nitrogens with two attached hydrogens (primary N) is 1. The molecule has 17 heavy (non-hydrogen) atoms. The van der Waals surface area contributed by atoms with E-state index in [1.807, 2.05) is 5.32 Å². The van der Waals surface area contributed by atoms with Gasteiger partial charge in [-0.2, -0.15) is 0 Å². The number of esters is 1. The summed E-state index contributed by atoms with van der Waals surface area (Å²) in [4.78, 5) is 36.9. The average Bonchev–Trinajstić information content (AvgIpc) is 2.29. The van der Waals surface area contributed by atoms with E-state index in [-0.39, 0.29) is 5.56 Å². The number of amides is 3. The summed E-state index contributed by atoms with van der Waals surface area (Å²) in [5, 5.41) is 1.81. The maximum absolute atomic E-state index is 11.5. The van der Waals surface area contributed by atoms with Gasteiger partial charge in [-0.15, -0.1) is 0 Å². The molecule has 90 valence electrons. The third-order valence-corrected chi connectivity index (χ3v) is 1.82. The zero-order valence-corrected chi connectivity index (χ0v) is 9.04. The van der Waals surface area contributed by atoms with Crippen molar-refractivity contribution in [2.24, 2.45) is 5.73 Å². The molecule has 0 aliphatic carbocycles. The molecule has 0 unspecified atom stereocenters. The molecule has 0 aromatic carbocycles. The maximum atomic E-state index is 11.5. The van der Waals surface area contributed by atoms with Crippen molar-refractivity contribution in [3.8, 4) is 0 Å². The Balaban J connectivity index is 2.57. The van der Waals surface area contributed by atoms with Crippen LogP contribution in [0, 0.1) is 0 Å². The van der Waals surface area contributed by atoms with Crippen LogP contribution in [0.15, 0.2) is 24.5 Å². The molecule has 7 heteroatoms. The summed E-state index contributed by atoms with van der Waals surface area (Å²) in [5.74, 6) is -1.46. The van der Waals surface area contributed by atoms with Gasteiger partial charge in [0, 0.05) is 12.4 Å². The van der Waals surface area contributed by atoms with E-state index in [1.165, 1.54) is 31.5 Å². The highest BCUT2D eigenvalue weighted by Gasteiger charge is 2.19. The molecule has 1 aromatic rings. The van der Waals surface area contributed by atoms with Crippen LogP contribution in [0.25, 0.3) is 0 Å². The summed E-state index contributed by atoms with van der Waals surface area (Å²) >= 11 is 0. The van der Waals surface area contributed by atoms with Crippen molar-refractivity contribution >= 4 is 17.9 Å². The summed E-state index contributed by atoms with van der Waals surface area (Å²) in [5.41, 5.74) is 5.02. The fourth-order valence-corrected chi connectivity index (χ4v) is 0.993. The first-order valence-corrected chi connectivity index (χ1v) is 4.72. The Labute approximate surface area is 97.0 Å². The quantitative estimate of drug-likeness (QED) is 0.708. The summed E-state index contributed by atoms with van der Waals surface area (Å²) in [6.07, 6.45) is 1.73. The molecule has 1 aromatic heterocycles.